The molecule has 0 aliphatic carbocycles. The highest BCUT2D eigenvalue weighted by Gasteiger charge is 2.26. The van der Waals surface area contributed by atoms with Gasteiger partial charge in [-0.1, -0.05) is 6.07 Å². The normalized spacial score (nSPS) is 13.5. The fraction of sp³-hybridized carbons (Fsp3) is 0.419. The maximum atomic E-state index is 13.9. The second-order valence-corrected chi connectivity index (χ2v) is 10.5. The largest absolute Gasteiger partial charge is 0.396 e. The fourth-order valence-electron chi connectivity index (χ4n) is 5.53. The minimum Gasteiger partial charge on any atom is -0.396 e. The number of nitrogens with zero attached hydrogens (tertiary/aromatic N) is 5. The summed E-state index contributed by atoms with van der Waals surface area (Å²) in [5.74, 6) is 0.174. The smallest absolute Gasteiger partial charge is 0.254 e. The quantitative estimate of drug-likeness (QED) is 0.316. The van der Waals surface area contributed by atoms with E-state index < -0.39 is 5.82 Å². The SMILES string of the molecule is Cc1cc(C)c(C(=O)N(CCCO)CCNc2cccnn2)c(C)c1NC1CCN(c2ccc(F)cc2C#N)CC1. The third-order valence-corrected chi connectivity index (χ3v) is 7.58. The van der Waals surface area contributed by atoms with Crippen LogP contribution < -0.4 is 15.5 Å². The molecule has 1 saturated heterocycles. The molecule has 0 spiro atoms. The Morgan fingerprint density at radius 1 is 1.17 bits per heavy atom. The highest BCUT2D eigenvalue weighted by Crippen LogP contribution is 2.31. The number of carbonyl (C=O) groups is 1. The molecule has 9 nitrogen and oxygen atoms in total. The van der Waals surface area contributed by atoms with Gasteiger partial charge in [-0.05, 0) is 87.1 Å². The van der Waals surface area contributed by atoms with Crippen molar-refractivity contribution >= 4 is 23.1 Å². The summed E-state index contributed by atoms with van der Waals surface area (Å²) in [6.45, 7) is 8.90. The van der Waals surface area contributed by atoms with E-state index in [-0.39, 0.29) is 18.6 Å². The number of piperidine rings is 1. The van der Waals surface area contributed by atoms with Crippen molar-refractivity contribution in [2.75, 3.05) is 54.9 Å². The zero-order chi connectivity index (χ0) is 29.4. The van der Waals surface area contributed by atoms with Crippen LogP contribution in [0, 0.1) is 37.9 Å². The minimum absolute atomic E-state index is 0.00647. The van der Waals surface area contributed by atoms with Crippen molar-refractivity contribution in [2.24, 2.45) is 0 Å². The molecule has 0 unspecified atom stereocenters. The number of aryl methyl sites for hydroxylation is 2. The number of anilines is 3. The van der Waals surface area contributed by atoms with E-state index in [1.165, 1.54) is 12.1 Å². The van der Waals surface area contributed by atoms with Crippen molar-refractivity contribution in [1.29, 1.82) is 5.26 Å². The molecular weight excluding hydrogens is 521 g/mol. The summed E-state index contributed by atoms with van der Waals surface area (Å²) in [4.78, 5) is 17.8. The number of carbonyl (C=O) groups excluding carboxylic acids is 1. The van der Waals surface area contributed by atoms with Crippen LogP contribution in [0.25, 0.3) is 0 Å². The van der Waals surface area contributed by atoms with Gasteiger partial charge < -0.3 is 25.5 Å². The van der Waals surface area contributed by atoms with Crippen LogP contribution in [-0.2, 0) is 0 Å². The average molecular weight is 560 g/mol. The second kappa shape index (κ2) is 13.9. The van der Waals surface area contributed by atoms with Crippen LogP contribution in [0.4, 0.5) is 21.6 Å². The maximum absolute atomic E-state index is 13.9. The number of hydrogen-bond donors (Lipinski definition) is 3. The molecule has 0 radical (unpaired) electrons. The molecule has 1 aromatic heterocycles. The van der Waals surface area contributed by atoms with Gasteiger partial charge in [-0.2, -0.15) is 10.4 Å². The number of benzene rings is 2. The van der Waals surface area contributed by atoms with E-state index in [2.05, 4.69) is 44.8 Å². The molecule has 1 amide bonds. The molecule has 3 N–H and O–H groups in total. The first-order valence-electron chi connectivity index (χ1n) is 14.1. The molecule has 41 heavy (non-hydrogen) atoms. The van der Waals surface area contributed by atoms with Gasteiger partial charge >= 0.3 is 0 Å². The number of aromatic nitrogens is 2. The number of rotatable bonds is 11. The lowest BCUT2D eigenvalue weighted by Crippen LogP contribution is -2.40. The molecule has 0 bridgehead atoms. The molecule has 1 aliphatic heterocycles. The van der Waals surface area contributed by atoms with Gasteiger partial charge in [-0.3, -0.25) is 4.79 Å². The monoisotopic (exact) mass is 559 g/mol. The van der Waals surface area contributed by atoms with E-state index in [1.54, 1.807) is 23.2 Å². The lowest BCUT2D eigenvalue weighted by atomic mass is 9.94. The molecular formula is C31H38FN7O2. The zero-order valence-corrected chi connectivity index (χ0v) is 24.0. The second-order valence-electron chi connectivity index (χ2n) is 10.5. The Bertz CT molecular complexity index is 1390. The van der Waals surface area contributed by atoms with Crippen LogP contribution in [-0.4, -0.2) is 71.5 Å². The lowest BCUT2D eigenvalue weighted by Gasteiger charge is -2.35. The molecule has 216 valence electrons. The number of halogens is 1. The molecule has 2 heterocycles. The van der Waals surface area contributed by atoms with Gasteiger partial charge in [0.25, 0.3) is 5.91 Å². The van der Waals surface area contributed by atoms with Crippen LogP contribution in [0.5, 0.6) is 0 Å². The van der Waals surface area contributed by atoms with Crippen LogP contribution in [0.15, 0.2) is 42.6 Å². The summed E-state index contributed by atoms with van der Waals surface area (Å²) >= 11 is 0. The van der Waals surface area contributed by atoms with Gasteiger partial charge in [-0.25, -0.2) is 4.39 Å². The van der Waals surface area contributed by atoms with E-state index >= 15 is 0 Å². The molecule has 1 aliphatic rings. The predicted octanol–water partition coefficient (Wildman–Crippen LogP) is 4.43. The van der Waals surface area contributed by atoms with Crippen molar-refractivity contribution in [3.05, 3.63) is 76.2 Å². The van der Waals surface area contributed by atoms with Crippen LogP contribution >= 0.6 is 0 Å². The molecule has 1 fully saturated rings. The van der Waals surface area contributed by atoms with E-state index in [0.29, 0.717) is 43.0 Å². The molecule has 0 saturated carbocycles. The third kappa shape index (κ3) is 7.30. The summed E-state index contributed by atoms with van der Waals surface area (Å²) in [6.07, 6.45) is 3.78. The van der Waals surface area contributed by atoms with Crippen molar-refractivity contribution in [3.8, 4) is 6.07 Å². The Morgan fingerprint density at radius 3 is 2.63 bits per heavy atom. The number of hydrogen-bond acceptors (Lipinski definition) is 8. The van der Waals surface area contributed by atoms with E-state index in [4.69, 9.17) is 0 Å². The number of nitrogens with one attached hydrogen (secondary N) is 2. The van der Waals surface area contributed by atoms with Crippen molar-refractivity contribution in [2.45, 2.75) is 46.1 Å². The number of nitriles is 1. The topological polar surface area (TPSA) is 117 Å². The average Bonchev–Trinajstić information content (AvgIpc) is 2.97. The maximum Gasteiger partial charge on any atom is 0.254 e. The van der Waals surface area contributed by atoms with Gasteiger partial charge in [0.2, 0.25) is 0 Å². The van der Waals surface area contributed by atoms with Gasteiger partial charge in [-0.15, -0.1) is 5.10 Å². The Labute approximate surface area is 241 Å². The van der Waals surface area contributed by atoms with Crippen molar-refractivity contribution < 1.29 is 14.3 Å². The number of aliphatic hydroxyl groups excluding tert-OH is 1. The van der Waals surface area contributed by atoms with Crippen LogP contribution in [0.2, 0.25) is 0 Å². The van der Waals surface area contributed by atoms with Gasteiger partial charge in [0.1, 0.15) is 17.7 Å². The summed E-state index contributed by atoms with van der Waals surface area (Å²) in [7, 11) is 0. The Hall–Kier alpha value is -4.23. The lowest BCUT2D eigenvalue weighted by molar-refractivity contribution is 0.0750. The Morgan fingerprint density at radius 2 is 1.95 bits per heavy atom. The molecule has 10 heteroatoms. The van der Waals surface area contributed by atoms with E-state index in [0.717, 1.165) is 54.0 Å². The van der Waals surface area contributed by atoms with Crippen molar-refractivity contribution in [1.82, 2.24) is 15.1 Å². The number of aliphatic hydroxyl groups is 1. The molecule has 2 aromatic carbocycles. The zero-order valence-electron chi connectivity index (χ0n) is 24.0. The molecule has 3 aromatic rings. The van der Waals surface area contributed by atoms with Crippen molar-refractivity contribution in [3.63, 3.8) is 0 Å². The first kappa shape index (κ1) is 29.7. The molecule has 4 rings (SSSR count). The fourth-order valence-corrected chi connectivity index (χ4v) is 5.53. The summed E-state index contributed by atoms with van der Waals surface area (Å²) in [5, 5.41) is 33.7. The van der Waals surface area contributed by atoms with E-state index in [9.17, 15) is 19.6 Å². The third-order valence-electron chi connectivity index (χ3n) is 7.58. The summed E-state index contributed by atoms with van der Waals surface area (Å²) < 4.78 is 13.6. The highest BCUT2D eigenvalue weighted by molar-refractivity contribution is 5.99. The van der Waals surface area contributed by atoms with Crippen LogP contribution in [0.3, 0.4) is 0 Å². The van der Waals surface area contributed by atoms with Gasteiger partial charge in [0.05, 0.1) is 11.3 Å². The molecule has 0 atom stereocenters. The number of amides is 1. The van der Waals surface area contributed by atoms with E-state index in [1.807, 2.05) is 19.9 Å². The predicted molar refractivity (Wildman–Crippen MR) is 159 cm³/mol. The van der Waals surface area contributed by atoms with Gasteiger partial charge in [0, 0.05) is 62.8 Å². The standard InChI is InChI=1S/C31H38FN7O2/c1-21-18-22(2)30(36-26-9-14-38(15-10-26)27-8-7-25(32)19-24(27)20-33)23(3)29(21)31(41)39(13-5-17-40)16-12-34-28-6-4-11-35-37-28/h4,6-8,11,18-19,26,36,40H,5,9-10,12-17H2,1-3H3,(H,34,37). The summed E-state index contributed by atoms with van der Waals surface area (Å²) in [6, 6.07) is 12.3. The Kier molecular flexibility index (Phi) is 10.1. The minimum atomic E-state index is -0.408. The summed E-state index contributed by atoms with van der Waals surface area (Å²) in [5.41, 5.74) is 5.67. The van der Waals surface area contributed by atoms with Crippen LogP contribution in [0.1, 0.15) is 51.9 Å². The van der Waals surface area contributed by atoms with Gasteiger partial charge in [0.15, 0.2) is 0 Å². The highest BCUT2D eigenvalue weighted by atomic mass is 19.1. The first-order chi connectivity index (χ1) is 19.8. The first-order valence-corrected chi connectivity index (χ1v) is 14.1. The Balaban J connectivity index is 1.47.